The van der Waals surface area contributed by atoms with Crippen LogP contribution in [0.3, 0.4) is 0 Å². The van der Waals surface area contributed by atoms with Gasteiger partial charge < -0.3 is 16.2 Å². The predicted molar refractivity (Wildman–Crippen MR) is 62.4 cm³/mol. The maximum Gasteiger partial charge on any atom is 0.288 e. The van der Waals surface area contributed by atoms with Crippen LogP contribution in [-0.2, 0) is 0 Å². The number of aliphatic hydroxyl groups is 1. The number of rotatable bonds is 4. The van der Waals surface area contributed by atoms with E-state index < -0.39 is 12.0 Å². The first-order chi connectivity index (χ1) is 8.16. The molecule has 1 unspecified atom stereocenters. The van der Waals surface area contributed by atoms with Gasteiger partial charge in [0.1, 0.15) is 0 Å². The molecule has 8 heteroatoms. The number of hydrogen-bond donors (Lipinski definition) is 4. The Bertz CT molecular complexity index is 495. The number of aromatic amines is 1. The molecule has 7 nitrogen and oxygen atoms in total. The van der Waals surface area contributed by atoms with Crippen LogP contribution in [0.15, 0.2) is 16.8 Å². The van der Waals surface area contributed by atoms with Crippen molar-refractivity contribution in [2.24, 2.45) is 0 Å². The monoisotopic (exact) mass is 253 g/mol. The first-order valence-electron chi connectivity index (χ1n) is 4.83. The van der Waals surface area contributed by atoms with E-state index in [9.17, 15) is 9.90 Å². The van der Waals surface area contributed by atoms with Crippen molar-refractivity contribution in [1.82, 2.24) is 20.5 Å². The van der Waals surface area contributed by atoms with Crippen molar-refractivity contribution in [3.8, 4) is 0 Å². The molecule has 0 aliphatic carbocycles. The molecule has 0 aromatic carbocycles. The number of nitrogens with two attached hydrogens (primary N) is 1. The van der Waals surface area contributed by atoms with Crippen molar-refractivity contribution in [2.45, 2.75) is 6.10 Å². The number of aromatic nitrogens is 3. The molecule has 2 aromatic heterocycles. The van der Waals surface area contributed by atoms with E-state index in [1.807, 2.05) is 10.8 Å². The van der Waals surface area contributed by atoms with Gasteiger partial charge in [0.05, 0.1) is 6.10 Å². The van der Waals surface area contributed by atoms with Crippen molar-refractivity contribution >= 4 is 23.2 Å². The minimum Gasteiger partial charge on any atom is -0.387 e. The van der Waals surface area contributed by atoms with Crippen LogP contribution in [-0.4, -0.2) is 32.7 Å². The molecule has 0 fully saturated rings. The van der Waals surface area contributed by atoms with Crippen LogP contribution in [0.2, 0.25) is 0 Å². The number of nitrogens with one attached hydrogen (secondary N) is 2. The fraction of sp³-hybridized carbons (Fsp3) is 0.222. The summed E-state index contributed by atoms with van der Waals surface area (Å²) in [7, 11) is 0. The third-order valence-corrected chi connectivity index (χ3v) is 2.80. The Labute approximate surface area is 101 Å². The molecule has 17 heavy (non-hydrogen) atoms. The Hall–Kier alpha value is -1.93. The predicted octanol–water partition coefficient (Wildman–Crippen LogP) is -0.0882. The zero-order valence-corrected chi connectivity index (χ0v) is 9.57. The van der Waals surface area contributed by atoms with Crippen LogP contribution in [0, 0.1) is 0 Å². The Morgan fingerprint density at radius 3 is 3.12 bits per heavy atom. The van der Waals surface area contributed by atoms with Gasteiger partial charge in [-0.1, -0.05) is 0 Å². The van der Waals surface area contributed by atoms with E-state index in [1.165, 1.54) is 11.3 Å². The fourth-order valence-electron chi connectivity index (χ4n) is 1.23. The smallest absolute Gasteiger partial charge is 0.288 e. The molecular formula is C9H11N5O2S. The van der Waals surface area contributed by atoms with Gasteiger partial charge in [0.15, 0.2) is 0 Å². The van der Waals surface area contributed by atoms with Gasteiger partial charge in [-0.3, -0.25) is 9.89 Å². The molecule has 2 heterocycles. The van der Waals surface area contributed by atoms with Crippen LogP contribution in [0.1, 0.15) is 22.3 Å². The Morgan fingerprint density at radius 1 is 1.71 bits per heavy atom. The zero-order valence-electron chi connectivity index (χ0n) is 8.75. The van der Waals surface area contributed by atoms with E-state index in [0.717, 1.165) is 5.56 Å². The minimum atomic E-state index is -0.731. The molecule has 1 atom stereocenters. The summed E-state index contributed by atoms with van der Waals surface area (Å²) in [4.78, 5) is 15.2. The van der Waals surface area contributed by atoms with Gasteiger partial charge in [-0.2, -0.15) is 16.3 Å². The molecule has 5 N–H and O–H groups in total. The Morgan fingerprint density at radius 2 is 2.53 bits per heavy atom. The van der Waals surface area contributed by atoms with Crippen molar-refractivity contribution < 1.29 is 9.90 Å². The number of H-pyrrole nitrogens is 1. The summed E-state index contributed by atoms with van der Waals surface area (Å²) in [6.45, 7) is 0.107. The molecule has 0 saturated carbocycles. The number of aliphatic hydroxyl groups excluding tert-OH is 1. The van der Waals surface area contributed by atoms with Crippen molar-refractivity contribution in [3.05, 3.63) is 28.2 Å². The average Bonchev–Trinajstić information content (AvgIpc) is 2.95. The van der Waals surface area contributed by atoms with Gasteiger partial charge in [0.25, 0.3) is 5.91 Å². The third kappa shape index (κ3) is 2.80. The summed E-state index contributed by atoms with van der Waals surface area (Å²) in [5.41, 5.74) is 6.04. The summed E-state index contributed by atoms with van der Waals surface area (Å²) < 4.78 is 0. The first kappa shape index (κ1) is 11.6. The van der Waals surface area contributed by atoms with Crippen molar-refractivity contribution in [1.29, 1.82) is 0 Å². The standard InChI is InChI=1S/C9H11N5O2S/c10-9-12-7(13-14-9)8(16)11-3-6(15)5-1-2-17-4-5/h1-2,4,6,15H,3H2,(H,11,16)(H3,10,12,13,14). The summed E-state index contributed by atoms with van der Waals surface area (Å²) >= 11 is 1.48. The van der Waals surface area contributed by atoms with Crippen molar-refractivity contribution in [3.63, 3.8) is 0 Å². The van der Waals surface area contributed by atoms with Crippen LogP contribution < -0.4 is 11.1 Å². The van der Waals surface area contributed by atoms with E-state index in [1.54, 1.807) is 6.07 Å². The second-order valence-corrected chi connectivity index (χ2v) is 4.10. The number of carbonyl (C=O) groups is 1. The lowest BCUT2D eigenvalue weighted by molar-refractivity contribution is 0.0906. The quantitative estimate of drug-likeness (QED) is 0.607. The van der Waals surface area contributed by atoms with Gasteiger partial charge in [-0.05, 0) is 22.4 Å². The lowest BCUT2D eigenvalue weighted by Gasteiger charge is -2.09. The number of thiophene rings is 1. The lowest BCUT2D eigenvalue weighted by atomic mass is 10.2. The van der Waals surface area contributed by atoms with Crippen LogP contribution in [0.25, 0.3) is 0 Å². The molecule has 0 radical (unpaired) electrons. The van der Waals surface area contributed by atoms with Gasteiger partial charge in [0.2, 0.25) is 11.8 Å². The molecule has 2 aromatic rings. The van der Waals surface area contributed by atoms with E-state index in [0.29, 0.717) is 0 Å². The number of carbonyl (C=O) groups excluding carboxylic acids is 1. The van der Waals surface area contributed by atoms with E-state index in [4.69, 9.17) is 5.73 Å². The largest absolute Gasteiger partial charge is 0.387 e. The summed E-state index contributed by atoms with van der Waals surface area (Å²) in [5.74, 6) is -0.419. The Balaban J connectivity index is 1.88. The van der Waals surface area contributed by atoms with Crippen LogP contribution in [0.4, 0.5) is 5.95 Å². The molecule has 1 amide bonds. The van der Waals surface area contributed by atoms with Crippen LogP contribution in [0.5, 0.6) is 0 Å². The molecule has 90 valence electrons. The normalized spacial score (nSPS) is 12.3. The second kappa shape index (κ2) is 4.93. The molecular weight excluding hydrogens is 242 g/mol. The first-order valence-corrected chi connectivity index (χ1v) is 5.77. The molecule has 2 rings (SSSR count). The number of nitrogens with zero attached hydrogens (tertiary/aromatic N) is 2. The zero-order chi connectivity index (χ0) is 12.3. The highest BCUT2D eigenvalue weighted by Crippen LogP contribution is 2.15. The van der Waals surface area contributed by atoms with Gasteiger partial charge in [-0.15, -0.1) is 5.10 Å². The summed E-state index contributed by atoms with van der Waals surface area (Å²) in [6.07, 6.45) is -0.731. The molecule has 0 bridgehead atoms. The maximum atomic E-state index is 11.5. The second-order valence-electron chi connectivity index (χ2n) is 3.32. The van der Waals surface area contributed by atoms with Gasteiger partial charge in [-0.25, -0.2) is 0 Å². The summed E-state index contributed by atoms with van der Waals surface area (Å²) in [6, 6.07) is 1.80. The number of amides is 1. The lowest BCUT2D eigenvalue weighted by Crippen LogP contribution is -2.29. The van der Waals surface area contributed by atoms with Crippen LogP contribution >= 0.6 is 11.3 Å². The molecule has 0 saturated heterocycles. The van der Waals surface area contributed by atoms with E-state index in [2.05, 4.69) is 20.5 Å². The highest BCUT2D eigenvalue weighted by Gasteiger charge is 2.13. The molecule has 0 aliphatic heterocycles. The van der Waals surface area contributed by atoms with Crippen molar-refractivity contribution in [2.75, 3.05) is 12.3 Å². The van der Waals surface area contributed by atoms with E-state index in [-0.39, 0.29) is 18.3 Å². The minimum absolute atomic E-state index is 0.00790. The van der Waals surface area contributed by atoms with E-state index >= 15 is 0 Å². The van der Waals surface area contributed by atoms with Gasteiger partial charge in [0, 0.05) is 6.54 Å². The third-order valence-electron chi connectivity index (χ3n) is 2.10. The maximum absolute atomic E-state index is 11.5. The topological polar surface area (TPSA) is 117 Å². The molecule has 0 aliphatic rings. The number of nitrogen functional groups attached to an aromatic ring is 1. The Kier molecular flexibility index (Phi) is 3.35. The fourth-order valence-corrected chi connectivity index (χ4v) is 1.94. The summed E-state index contributed by atoms with van der Waals surface area (Å²) in [5, 5.41) is 21.9. The average molecular weight is 253 g/mol. The van der Waals surface area contributed by atoms with Gasteiger partial charge >= 0.3 is 0 Å². The highest BCUT2D eigenvalue weighted by molar-refractivity contribution is 7.07. The number of anilines is 1. The molecule has 0 spiro atoms. The number of hydrogen-bond acceptors (Lipinski definition) is 6. The SMILES string of the molecule is Nc1n[nH]c(C(=O)NCC(O)c2ccsc2)n1. The highest BCUT2D eigenvalue weighted by atomic mass is 32.1.